The number of hydrogen-bond acceptors (Lipinski definition) is 9. The molecule has 1 N–H and O–H groups in total. The number of rotatable bonds is 8. The fraction of sp³-hybridized carbons (Fsp3) is 0.280. The van der Waals surface area contributed by atoms with Gasteiger partial charge in [0.25, 0.3) is 5.91 Å². The highest BCUT2D eigenvalue weighted by atomic mass is 32.3. The van der Waals surface area contributed by atoms with Gasteiger partial charge in [0.2, 0.25) is 19.4 Å². The molecule has 2 aromatic carbocycles. The van der Waals surface area contributed by atoms with Crippen molar-refractivity contribution in [2.75, 3.05) is 26.1 Å². The van der Waals surface area contributed by atoms with Gasteiger partial charge in [-0.2, -0.15) is 10.0 Å². The van der Waals surface area contributed by atoms with Crippen LogP contribution in [0, 0.1) is 19.3 Å². The Morgan fingerprint density at radius 1 is 1.03 bits per heavy atom. The number of amidine groups is 2. The van der Waals surface area contributed by atoms with Crippen LogP contribution in [0.15, 0.2) is 52.1 Å². The van der Waals surface area contributed by atoms with Gasteiger partial charge in [-0.15, -0.1) is 5.10 Å². The highest BCUT2D eigenvalue weighted by molar-refractivity contribution is 8.42. The van der Waals surface area contributed by atoms with E-state index >= 15 is 0 Å². The SMILES string of the molecule is CCOc1cc(/C=C2/C(=N)N3N=C(S(C)(=O)=O)SC3=NC2=O)ccc1OCCOc1cc(C)cc(C)c1. The molecule has 0 radical (unpaired) electrons. The molecule has 4 rings (SSSR count). The lowest BCUT2D eigenvalue weighted by Gasteiger charge is -2.20. The number of hydrazone groups is 1. The summed E-state index contributed by atoms with van der Waals surface area (Å²) in [5, 5.41) is 13.4. The monoisotopic (exact) mass is 542 g/mol. The summed E-state index contributed by atoms with van der Waals surface area (Å²) in [5.74, 6) is 0.842. The molecule has 0 saturated heterocycles. The Kier molecular flexibility index (Phi) is 7.69. The number of thioether (sulfide) groups is 1. The summed E-state index contributed by atoms with van der Waals surface area (Å²) in [5.41, 5.74) is 2.79. The topological polar surface area (TPSA) is 131 Å². The quantitative estimate of drug-likeness (QED) is 0.394. The van der Waals surface area contributed by atoms with E-state index in [1.54, 1.807) is 18.2 Å². The number of sulfone groups is 1. The van der Waals surface area contributed by atoms with Gasteiger partial charge in [-0.25, -0.2) is 8.42 Å². The molecule has 1 amide bonds. The first-order valence-corrected chi connectivity index (χ1v) is 14.1. The second-order valence-electron chi connectivity index (χ2n) is 8.32. The summed E-state index contributed by atoms with van der Waals surface area (Å²) in [6.07, 6.45) is 2.49. The third-order valence-corrected chi connectivity index (χ3v) is 7.71. The molecule has 2 aliphatic heterocycles. The number of ether oxygens (including phenoxy) is 3. The summed E-state index contributed by atoms with van der Waals surface area (Å²) in [6, 6.07) is 11.1. The fourth-order valence-electron chi connectivity index (χ4n) is 3.62. The lowest BCUT2D eigenvalue weighted by atomic mass is 10.1. The molecule has 2 aromatic rings. The number of aryl methyl sites for hydroxylation is 2. The molecule has 2 aliphatic rings. The predicted molar refractivity (Wildman–Crippen MR) is 144 cm³/mol. The molecule has 12 heteroatoms. The Morgan fingerprint density at radius 3 is 2.41 bits per heavy atom. The smallest absolute Gasteiger partial charge is 0.283 e. The Balaban J connectivity index is 1.48. The van der Waals surface area contributed by atoms with E-state index in [-0.39, 0.29) is 21.0 Å². The maximum atomic E-state index is 12.6. The van der Waals surface area contributed by atoms with Gasteiger partial charge in [-0.3, -0.25) is 10.2 Å². The summed E-state index contributed by atoms with van der Waals surface area (Å²) in [7, 11) is -3.60. The van der Waals surface area contributed by atoms with Gasteiger partial charge >= 0.3 is 0 Å². The molecule has 0 saturated carbocycles. The maximum Gasteiger partial charge on any atom is 0.283 e. The van der Waals surface area contributed by atoms with Gasteiger partial charge in [0, 0.05) is 6.26 Å². The van der Waals surface area contributed by atoms with Crippen LogP contribution in [0.5, 0.6) is 17.2 Å². The van der Waals surface area contributed by atoms with Crippen molar-refractivity contribution in [1.82, 2.24) is 5.01 Å². The van der Waals surface area contributed by atoms with Crippen molar-refractivity contribution in [1.29, 1.82) is 5.41 Å². The third kappa shape index (κ3) is 6.20. The Labute approximate surface area is 219 Å². The number of nitrogens with zero attached hydrogens (tertiary/aromatic N) is 3. The van der Waals surface area contributed by atoms with E-state index in [9.17, 15) is 13.2 Å². The number of carbonyl (C=O) groups is 1. The Morgan fingerprint density at radius 2 is 1.73 bits per heavy atom. The van der Waals surface area contributed by atoms with E-state index in [4.69, 9.17) is 19.6 Å². The van der Waals surface area contributed by atoms with Crippen molar-refractivity contribution in [3.05, 3.63) is 58.7 Å². The number of carbonyl (C=O) groups excluding carboxylic acids is 1. The van der Waals surface area contributed by atoms with Crippen molar-refractivity contribution in [3.63, 3.8) is 0 Å². The van der Waals surface area contributed by atoms with Crippen molar-refractivity contribution >= 4 is 49.0 Å². The zero-order chi connectivity index (χ0) is 26.7. The summed E-state index contributed by atoms with van der Waals surface area (Å²) < 4.78 is 40.8. The van der Waals surface area contributed by atoms with E-state index in [0.717, 1.165) is 39.9 Å². The second kappa shape index (κ2) is 10.8. The van der Waals surface area contributed by atoms with Gasteiger partial charge in [-0.1, -0.05) is 12.1 Å². The molecule has 0 aromatic heterocycles. The molecule has 37 heavy (non-hydrogen) atoms. The predicted octanol–water partition coefficient (Wildman–Crippen LogP) is 3.78. The second-order valence-corrected chi connectivity index (χ2v) is 11.5. The van der Waals surface area contributed by atoms with E-state index in [2.05, 4.69) is 16.2 Å². The lowest BCUT2D eigenvalue weighted by molar-refractivity contribution is -0.114. The molecule has 0 aliphatic carbocycles. The Hall–Kier alpha value is -3.64. The lowest BCUT2D eigenvalue weighted by Crippen LogP contribution is -2.35. The average Bonchev–Trinajstić information content (AvgIpc) is 3.25. The van der Waals surface area contributed by atoms with Crippen LogP contribution >= 0.6 is 11.8 Å². The molecule has 0 fully saturated rings. The first-order chi connectivity index (χ1) is 17.5. The molecular weight excluding hydrogens is 516 g/mol. The van der Waals surface area contributed by atoms with Crippen LogP contribution in [-0.2, 0) is 14.6 Å². The molecule has 194 valence electrons. The maximum absolute atomic E-state index is 12.6. The van der Waals surface area contributed by atoms with Gasteiger partial charge < -0.3 is 14.2 Å². The minimum atomic E-state index is -3.60. The van der Waals surface area contributed by atoms with Crippen LogP contribution in [0.25, 0.3) is 6.08 Å². The number of amides is 1. The van der Waals surface area contributed by atoms with Crippen LogP contribution in [0.2, 0.25) is 0 Å². The van der Waals surface area contributed by atoms with Crippen LogP contribution in [0.1, 0.15) is 23.6 Å². The minimum Gasteiger partial charge on any atom is -0.490 e. The minimum absolute atomic E-state index is 0.0270. The first kappa shape index (κ1) is 26.4. The summed E-state index contributed by atoms with van der Waals surface area (Å²) in [4.78, 5) is 16.5. The summed E-state index contributed by atoms with van der Waals surface area (Å²) >= 11 is 0.740. The molecule has 0 unspecified atom stereocenters. The zero-order valence-electron chi connectivity index (χ0n) is 20.8. The van der Waals surface area contributed by atoms with Gasteiger partial charge in [0.05, 0.1) is 12.2 Å². The highest BCUT2D eigenvalue weighted by Crippen LogP contribution is 2.32. The average molecular weight is 543 g/mol. The molecule has 10 nitrogen and oxygen atoms in total. The van der Waals surface area contributed by atoms with E-state index in [1.807, 2.05) is 32.9 Å². The van der Waals surface area contributed by atoms with Crippen LogP contribution in [0.4, 0.5) is 0 Å². The van der Waals surface area contributed by atoms with Crippen molar-refractivity contribution in [2.24, 2.45) is 10.1 Å². The van der Waals surface area contributed by atoms with E-state index in [1.165, 1.54) is 6.08 Å². The first-order valence-electron chi connectivity index (χ1n) is 11.4. The van der Waals surface area contributed by atoms with Crippen LogP contribution < -0.4 is 14.2 Å². The number of nitrogens with one attached hydrogen (secondary N) is 1. The standard InChI is InChI=1S/C25H26N4O6S2/c1-5-33-21-14-17(6-7-20(21)35-9-8-34-18-11-15(2)10-16(3)12-18)13-19-22(26)29-24(27-23(19)30)36-25(28-29)37(4,31)32/h6-7,10-14,26H,5,8-9H2,1-4H3/b19-13-,26-22?. The number of hydrogen-bond donors (Lipinski definition) is 1. The van der Waals surface area contributed by atoms with Gasteiger partial charge in [0.1, 0.15) is 19.0 Å². The largest absolute Gasteiger partial charge is 0.490 e. The third-order valence-electron chi connectivity index (χ3n) is 5.14. The van der Waals surface area contributed by atoms with E-state index < -0.39 is 15.7 Å². The molecule has 0 atom stereocenters. The van der Waals surface area contributed by atoms with Gasteiger partial charge in [0.15, 0.2) is 17.3 Å². The summed E-state index contributed by atoms with van der Waals surface area (Å²) in [6.45, 7) is 6.90. The zero-order valence-corrected chi connectivity index (χ0v) is 22.4. The van der Waals surface area contributed by atoms with Gasteiger partial charge in [-0.05, 0) is 79.6 Å². The molecular formula is C25H26N4O6S2. The number of benzene rings is 2. The highest BCUT2D eigenvalue weighted by Gasteiger charge is 2.38. The fourth-order valence-corrected chi connectivity index (χ4v) is 5.31. The van der Waals surface area contributed by atoms with Crippen LogP contribution in [0.3, 0.4) is 0 Å². The van der Waals surface area contributed by atoms with Crippen molar-refractivity contribution in [2.45, 2.75) is 20.8 Å². The molecule has 0 spiro atoms. The van der Waals surface area contributed by atoms with Crippen molar-refractivity contribution in [3.8, 4) is 17.2 Å². The van der Waals surface area contributed by atoms with E-state index in [0.29, 0.717) is 36.9 Å². The molecule has 2 heterocycles. The molecule has 0 bridgehead atoms. The van der Waals surface area contributed by atoms with Crippen molar-refractivity contribution < 1.29 is 27.4 Å². The normalized spacial score (nSPS) is 16.4. The van der Waals surface area contributed by atoms with Crippen LogP contribution in [-0.4, -0.2) is 60.8 Å². The number of aliphatic imine (C=N–C) groups is 1. The number of fused-ring (bicyclic) bond motifs is 1. The Bertz CT molecular complexity index is 1440.